The van der Waals surface area contributed by atoms with Gasteiger partial charge in [0.25, 0.3) is 0 Å². The Hall–Kier alpha value is 0.0284. The van der Waals surface area contributed by atoms with Crippen molar-refractivity contribution in [2.45, 2.75) is 32.4 Å². The van der Waals surface area contributed by atoms with Gasteiger partial charge in [0.05, 0.1) is 0 Å². The molecule has 60 valence electrons. The zero-order valence-corrected chi connectivity index (χ0v) is 8.87. The second-order valence-corrected chi connectivity index (χ2v) is 6.23. The molecule has 0 amide bonds. The van der Waals surface area contributed by atoms with Gasteiger partial charge >= 0.3 is 68.2 Å². The summed E-state index contributed by atoms with van der Waals surface area (Å²) < 4.78 is -0.566. The molecule has 0 aliphatic heterocycles. The summed E-state index contributed by atoms with van der Waals surface area (Å²) in [4.78, 5) is 10.1. The Balaban J connectivity index is 3.29. The molecule has 0 bridgehead atoms. The minimum absolute atomic E-state index is 0.305. The molecule has 0 aromatic carbocycles. The van der Waals surface area contributed by atoms with Crippen molar-refractivity contribution in [3.8, 4) is 0 Å². The van der Waals surface area contributed by atoms with Crippen LogP contribution >= 0.6 is 0 Å². The molecular formula is C7H15AsO2. The van der Waals surface area contributed by atoms with Gasteiger partial charge in [0, 0.05) is 0 Å². The summed E-state index contributed by atoms with van der Waals surface area (Å²) in [7, 11) is 0. The molecule has 0 rings (SSSR count). The van der Waals surface area contributed by atoms with Crippen molar-refractivity contribution in [2.75, 3.05) is 0 Å². The van der Waals surface area contributed by atoms with Crippen molar-refractivity contribution >= 4 is 20.5 Å². The Morgan fingerprint density at radius 2 is 2.00 bits per heavy atom. The first-order valence-electron chi connectivity index (χ1n) is 3.38. The van der Waals surface area contributed by atoms with Crippen LogP contribution in [0.4, 0.5) is 4.79 Å². The van der Waals surface area contributed by atoms with E-state index in [2.05, 4.69) is 20.8 Å². The van der Waals surface area contributed by atoms with Crippen LogP contribution in [0.15, 0.2) is 0 Å². The van der Waals surface area contributed by atoms with E-state index in [1.165, 1.54) is 0 Å². The molecule has 3 heteroatoms. The monoisotopic (exact) mass is 206 g/mol. The molecule has 0 saturated carbocycles. The first kappa shape index (κ1) is 10.0. The number of hydrogen-bond acceptors (Lipinski definition) is 1. The van der Waals surface area contributed by atoms with Crippen molar-refractivity contribution in [2.24, 2.45) is 5.41 Å². The number of carbonyl (C=O) groups is 1. The van der Waals surface area contributed by atoms with E-state index < -0.39 is 20.5 Å². The summed E-state index contributed by atoms with van der Waals surface area (Å²) in [6.07, 6.45) is 1.04. The molecule has 1 N–H and O–H groups in total. The van der Waals surface area contributed by atoms with Crippen LogP contribution in [-0.2, 0) is 0 Å². The van der Waals surface area contributed by atoms with E-state index in [9.17, 15) is 4.79 Å². The van der Waals surface area contributed by atoms with Crippen LogP contribution in [0.5, 0.6) is 0 Å². The Kier molecular flexibility index (Phi) is 4.03. The number of rotatable bonds is 3. The van der Waals surface area contributed by atoms with Gasteiger partial charge in [-0.3, -0.25) is 0 Å². The van der Waals surface area contributed by atoms with E-state index in [4.69, 9.17) is 5.11 Å². The SMILES string of the molecule is CC(C)(C)CC[AsH]C(=O)O. The molecule has 2 nitrogen and oxygen atoms in total. The number of carboxylic acid groups (broad SMARTS) is 1. The molecule has 0 aliphatic rings. The molecule has 0 fully saturated rings. The van der Waals surface area contributed by atoms with Gasteiger partial charge in [-0.05, 0) is 0 Å². The van der Waals surface area contributed by atoms with Crippen LogP contribution < -0.4 is 0 Å². The summed E-state index contributed by atoms with van der Waals surface area (Å²) in [6, 6.07) is 0. The van der Waals surface area contributed by atoms with Crippen molar-refractivity contribution in [1.29, 1.82) is 0 Å². The minimum atomic E-state index is -0.705. The third-order valence-electron chi connectivity index (χ3n) is 1.15. The van der Waals surface area contributed by atoms with Gasteiger partial charge in [-0.1, -0.05) is 0 Å². The van der Waals surface area contributed by atoms with E-state index in [-0.39, 0.29) is 0 Å². The number of hydrogen-bond donors (Lipinski definition) is 1. The van der Waals surface area contributed by atoms with E-state index in [1.807, 2.05) is 0 Å². The van der Waals surface area contributed by atoms with Crippen LogP contribution in [0.2, 0.25) is 5.21 Å². The van der Waals surface area contributed by atoms with Crippen LogP contribution in [-0.4, -0.2) is 25.6 Å². The summed E-state index contributed by atoms with van der Waals surface area (Å²) in [5, 5.41) is 9.28. The average Bonchev–Trinajstić information content (AvgIpc) is 1.59. The quantitative estimate of drug-likeness (QED) is 0.716. The van der Waals surface area contributed by atoms with Crippen molar-refractivity contribution in [1.82, 2.24) is 0 Å². The average molecular weight is 206 g/mol. The maximum absolute atomic E-state index is 10.1. The Bertz CT molecular complexity index is 115. The van der Waals surface area contributed by atoms with Crippen LogP contribution in [0, 0.1) is 5.41 Å². The van der Waals surface area contributed by atoms with Gasteiger partial charge in [-0.2, -0.15) is 0 Å². The van der Waals surface area contributed by atoms with Crippen LogP contribution in [0.25, 0.3) is 0 Å². The Morgan fingerprint density at radius 1 is 1.50 bits per heavy atom. The molecule has 0 spiro atoms. The first-order chi connectivity index (χ1) is 4.42. The van der Waals surface area contributed by atoms with Gasteiger partial charge in [-0.25, -0.2) is 0 Å². The maximum atomic E-state index is 10.1. The van der Waals surface area contributed by atoms with Gasteiger partial charge in [-0.15, -0.1) is 0 Å². The summed E-state index contributed by atoms with van der Waals surface area (Å²) in [5.41, 5.74) is 0.305. The van der Waals surface area contributed by atoms with E-state index in [0.717, 1.165) is 11.6 Å². The molecule has 0 aromatic heterocycles. The summed E-state index contributed by atoms with van der Waals surface area (Å²) >= 11 is -0.705. The second kappa shape index (κ2) is 4.02. The molecule has 0 radical (unpaired) electrons. The predicted molar refractivity (Wildman–Crippen MR) is 44.1 cm³/mol. The van der Waals surface area contributed by atoms with Crippen molar-refractivity contribution < 1.29 is 9.90 Å². The zero-order chi connectivity index (χ0) is 8.20. The normalized spacial score (nSPS) is 12.7. The molecule has 0 heterocycles. The molecule has 1 atom stereocenters. The topological polar surface area (TPSA) is 37.3 Å². The standard InChI is InChI=1S/C7H15AsO2/c1-7(2,3)4-5-8-6(9)10/h8H,4-5H2,1-3H3,(H,9,10). The molecule has 0 aromatic rings. The Labute approximate surface area is 68.7 Å². The summed E-state index contributed by atoms with van der Waals surface area (Å²) in [5.74, 6) is 0. The fourth-order valence-corrected chi connectivity index (χ4v) is 2.83. The zero-order valence-electron chi connectivity index (χ0n) is 6.77. The molecule has 1 unspecified atom stereocenters. The molecule has 0 aliphatic carbocycles. The van der Waals surface area contributed by atoms with Gasteiger partial charge < -0.3 is 0 Å². The first-order valence-corrected chi connectivity index (χ1v) is 5.92. The van der Waals surface area contributed by atoms with E-state index >= 15 is 0 Å². The van der Waals surface area contributed by atoms with Crippen LogP contribution in [0.1, 0.15) is 27.2 Å². The third-order valence-corrected chi connectivity index (χ3v) is 2.83. The van der Waals surface area contributed by atoms with Gasteiger partial charge in [0.15, 0.2) is 0 Å². The van der Waals surface area contributed by atoms with Crippen molar-refractivity contribution in [3.05, 3.63) is 0 Å². The van der Waals surface area contributed by atoms with E-state index in [1.54, 1.807) is 0 Å². The molecular weight excluding hydrogens is 191 g/mol. The molecule has 0 saturated heterocycles. The Morgan fingerprint density at radius 3 is 2.30 bits per heavy atom. The summed E-state index contributed by atoms with van der Waals surface area (Å²) in [6.45, 7) is 6.42. The predicted octanol–water partition coefficient (Wildman–Crippen LogP) is 1.96. The van der Waals surface area contributed by atoms with Crippen LogP contribution in [0.3, 0.4) is 0 Å². The fraction of sp³-hybridized carbons (Fsp3) is 0.857. The third kappa shape index (κ3) is 8.03. The van der Waals surface area contributed by atoms with Crippen molar-refractivity contribution in [3.63, 3.8) is 0 Å². The van der Waals surface area contributed by atoms with Gasteiger partial charge in [0.2, 0.25) is 0 Å². The fourth-order valence-electron chi connectivity index (χ4n) is 0.544. The van der Waals surface area contributed by atoms with E-state index in [0.29, 0.717) is 5.41 Å². The second-order valence-electron chi connectivity index (χ2n) is 3.54. The van der Waals surface area contributed by atoms with Gasteiger partial charge in [0.1, 0.15) is 0 Å². The molecule has 10 heavy (non-hydrogen) atoms.